The summed E-state index contributed by atoms with van der Waals surface area (Å²) >= 11 is 11.5. The molecule has 1 fully saturated rings. The molecule has 1 spiro atoms. The number of carbonyl (C=O) groups excluding carboxylic acids is 3. The number of nitrogens with zero attached hydrogens (tertiary/aromatic N) is 1. The second-order valence-electron chi connectivity index (χ2n) is 5.97. The molecule has 0 aliphatic carbocycles. The predicted molar refractivity (Wildman–Crippen MR) is 91.8 cm³/mol. The number of ether oxygens (including phenoxy) is 1. The smallest absolute Gasteiger partial charge is 0.322 e. The van der Waals surface area contributed by atoms with Gasteiger partial charge in [0.25, 0.3) is 11.8 Å². The first-order valence-corrected chi connectivity index (χ1v) is 8.99. The Morgan fingerprint density at radius 3 is 2.58 bits per heavy atom. The normalized spacial score (nSPS) is 23.9. The summed E-state index contributed by atoms with van der Waals surface area (Å²) in [7, 11) is 0. The lowest BCUT2D eigenvalue weighted by atomic mass is 9.81. The third-order valence-corrected chi connectivity index (χ3v) is 4.74. The van der Waals surface area contributed by atoms with Crippen LogP contribution in [0.25, 0.3) is 0 Å². The van der Waals surface area contributed by atoms with Crippen molar-refractivity contribution >= 4 is 41.0 Å². The first-order chi connectivity index (χ1) is 12.4. The number of carbonyl (C=O) groups is 3. The van der Waals surface area contributed by atoms with Gasteiger partial charge in [0.2, 0.25) is 0 Å². The highest BCUT2D eigenvalue weighted by Crippen LogP contribution is 2.42. The monoisotopic (exact) mass is 403 g/mol. The highest BCUT2D eigenvalue weighted by molar-refractivity contribution is 6.18. The van der Waals surface area contributed by atoms with E-state index < -0.39 is 35.3 Å². The molecular formula is C16H16Cl2FN3O4. The first kappa shape index (κ1) is 18.7. The number of fused-ring (bicyclic) bond motifs is 2. The quantitative estimate of drug-likeness (QED) is 0.573. The molecule has 140 valence electrons. The average Bonchev–Trinajstić information content (AvgIpc) is 2.88. The molecule has 2 N–H and O–H groups in total. The number of halogens is 3. The summed E-state index contributed by atoms with van der Waals surface area (Å²) in [5.41, 5.74) is -1.40. The van der Waals surface area contributed by atoms with Crippen LogP contribution in [-0.4, -0.2) is 53.7 Å². The number of hydrogen-bond donors (Lipinski definition) is 2. The van der Waals surface area contributed by atoms with E-state index >= 15 is 0 Å². The van der Waals surface area contributed by atoms with Gasteiger partial charge in [0.05, 0.1) is 0 Å². The molecule has 7 nitrogen and oxygen atoms in total. The van der Waals surface area contributed by atoms with Gasteiger partial charge in [-0.15, -0.1) is 23.2 Å². The number of amides is 4. The molecule has 10 heteroatoms. The van der Waals surface area contributed by atoms with Gasteiger partial charge in [0.15, 0.2) is 11.6 Å². The highest BCUT2D eigenvalue weighted by atomic mass is 35.5. The number of nitrogens with one attached hydrogen (secondary N) is 2. The van der Waals surface area contributed by atoms with Crippen molar-refractivity contribution < 1.29 is 23.5 Å². The fraction of sp³-hybridized carbons (Fsp3) is 0.438. The summed E-state index contributed by atoms with van der Waals surface area (Å²) in [6, 6.07) is 2.90. The Kier molecular flexibility index (Phi) is 5.24. The fourth-order valence-electron chi connectivity index (χ4n) is 3.22. The van der Waals surface area contributed by atoms with Crippen LogP contribution in [0.2, 0.25) is 0 Å². The van der Waals surface area contributed by atoms with Crippen molar-refractivity contribution in [2.75, 3.05) is 24.8 Å². The molecule has 2 aliphatic heterocycles. The number of rotatable bonds is 5. The number of benzene rings is 1. The Morgan fingerprint density at radius 1 is 1.31 bits per heavy atom. The van der Waals surface area contributed by atoms with Crippen LogP contribution >= 0.6 is 23.2 Å². The molecule has 0 bridgehead atoms. The Labute approximate surface area is 158 Å². The maximum atomic E-state index is 13.7. The van der Waals surface area contributed by atoms with E-state index in [1.807, 2.05) is 0 Å². The summed E-state index contributed by atoms with van der Waals surface area (Å²) in [5, 5.41) is 4.66. The minimum absolute atomic E-state index is 0.157. The van der Waals surface area contributed by atoms with Crippen molar-refractivity contribution in [2.24, 2.45) is 0 Å². The molecule has 2 aliphatic rings. The Bertz CT molecular complexity index is 757. The summed E-state index contributed by atoms with van der Waals surface area (Å²) in [5.74, 6) is -1.08. The highest BCUT2D eigenvalue weighted by Gasteiger charge is 2.55. The molecule has 2 atom stereocenters. The molecule has 3 rings (SSSR count). The Hall–Kier alpha value is -2.06. The molecule has 2 unspecified atom stereocenters. The minimum atomic E-state index is -1.57. The minimum Gasteiger partial charge on any atom is -0.480 e. The van der Waals surface area contributed by atoms with Crippen LogP contribution in [0.1, 0.15) is 12.0 Å². The van der Waals surface area contributed by atoms with Gasteiger partial charge >= 0.3 is 6.03 Å². The van der Waals surface area contributed by atoms with Gasteiger partial charge < -0.3 is 15.0 Å². The average molecular weight is 404 g/mol. The summed E-state index contributed by atoms with van der Waals surface area (Å²) in [6.45, 7) is 0.517. The molecule has 1 aromatic carbocycles. The van der Waals surface area contributed by atoms with E-state index in [0.717, 1.165) is 12.1 Å². The van der Waals surface area contributed by atoms with E-state index in [-0.39, 0.29) is 42.6 Å². The van der Waals surface area contributed by atoms with E-state index in [1.165, 1.54) is 11.0 Å². The summed E-state index contributed by atoms with van der Waals surface area (Å²) in [4.78, 5) is 38.5. The number of hydrogen-bond acceptors (Lipinski definition) is 4. The maximum absolute atomic E-state index is 13.7. The van der Waals surface area contributed by atoms with Gasteiger partial charge in [-0.1, -0.05) is 0 Å². The van der Waals surface area contributed by atoms with Crippen LogP contribution in [0.5, 0.6) is 5.75 Å². The van der Waals surface area contributed by atoms with Crippen LogP contribution in [0.15, 0.2) is 18.2 Å². The van der Waals surface area contributed by atoms with Gasteiger partial charge in [0.1, 0.15) is 11.6 Å². The van der Waals surface area contributed by atoms with Gasteiger partial charge in [0, 0.05) is 36.8 Å². The summed E-state index contributed by atoms with van der Waals surface area (Å²) < 4.78 is 19.5. The number of urea groups is 1. The summed E-state index contributed by atoms with van der Waals surface area (Å²) in [6.07, 6.45) is -1.22. The molecule has 0 radical (unpaired) electrons. The Morgan fingerprint density at radius 2 is 2.00 bits per heavy atom. The zero-order valence-corrected chi connectivity index (χ0v) is 15.1. The molecule has 1 aromatic rings. The second kappa shape index (κ2) is 7.28. The van der Waals surface area contributed by atoms with Crippen LogP contribution in [0, 0.1) is 5.82 Å². The fourth-order valence-corrected chi connectivity index (χ4v) is 3.63. The SMILES string of the molecule is O=C1NC(=O)C2(CC(C(=O)N(CCCl)CCCl)Oc3ccc(F)cc32)N1. The lowest BCUT2D eigenvalue weighted by Gasteiger charge is -2.38. The van der Waals surface area contributed by atoms with Crippen LogP contribution in [-0.2, 0) is 15.1 Å². The van der Waals surface area contributed by atoms with Crippen molar-refractivity contribution in [3.63, 3.8) is 0 Å². The molecule has 4 amide bonds. The van der Waals surface area contributed by atoms with Gasteiger partial charge in [-0.3, -0.25) is 14.9 Å². The van der Waals surface area contributed by atoms with E-state index in [0.29, 0.717) is 0 Å². The van der Waals surface area contributed by atoms with Crippen molar-refractivity contribution in [3.05, 3.63) is 29.6 Å². The molecule has 2 heterocycles. The molecule has 1 saturated heterocycles. The van der Waals surface area contributed by atoms with E-state index in [1.54, 1.807) is 0 Å². The zero-order valence-electron chi connectivity index (χ0n) is 13.6. The Balaban J connectivity index is 1.99. The van der Waals surface area contributed by atoms with Crippen LogP contribution < -0.4 is 15.4 Å². The zero-order chi connectivity index (χ0) is 18.9. The van der Waals surface area contributed by atoms with Gasteiger partial charge in [-0.25, -0.2) is 9.18 Å². The standard InChI is InChI=1S/C16H16Cl2FN3O4/c17-3-5-22(6-4-18)13(23)12-8-16(14(24)20-15(25)21-16)10-7-9(19)1-2-11(10)26-12/h1-2,7,12H,3-6,8H2,(H2,20,21,24,25). The molecule has 0 aromatic heterocycles. The van der Waals surface area contributed by atoms with Gasteiger partial charge in [-0.2, -0.15) is 0 Å². The number of imide groups is 1. The molecular weight excluding hydrogens is 388 g/mol. The van der Waals surface area contributed by atoms with Gasteiger partial charge in [-0.05, 0) is 18.2 Å². The van der Waals surface area contributed by atoms with Crippen molar-refractivity contribution in [1.82, 2.24) is 15.5 Å². The third kappa shape index (κ3) is 3.19. The largest absolute Gasteiger partial charge is 0.480 e. The number of alkyl halides is 2. The van der Waals surface area contributed by atoms with E-state index in [9.17, 15) is 18.8 Å². The van der Waals surface area contributed by atoms with Crippen molar-refractivity contribution in [1.29, 1.82) is 0 Å². The van der Waals surface area contributed by atoms with Crippen LogP contribution in [0.3, 0.4) is 0 Å². The predicted octanol–water partition coefficient (Wildman–Crippen LogP) is 1.32. The second-order valence-corrected chi connectivity index (χ2v) is 6.72. The van der Waals surface area contributed by atoms with E-state index in [2.05, 4.69) is 10.6 Å². The maximum Gasteiger partial charge on any atom is 0.322 e. The van der Waals surface area contributed by atoms with Crippen molar-refractivity contribution in [3.8, 4) is 5.75 Å². The topological polar surface area (TPSA) is 87.7 Å². The molecule has 0 saturated carbocycles. The lowest BCUT2D eigenvalue weighted by molar-refractivity contribution is -0.141. The van der Waals surface area contributed by atoms with Crippen molar-refractivity contribution in [2.45, 2.75) is 18.1 Å². The molecule has 26 heavy (non-hydrogen) atoms. The third-order valence-electron chi connectivity index (χ3n) is 4.40. The lowest BCUT2D eigenvalue weighted by Crippen LogP contribution is -2.55. The van der Waals surface area contributed by atoms with E-state index in [4.69, 9.17) is 27.9 Å². The first-order valence-electron chi connectivity index (χ1n) is 7.92. The van der Waals surface area contributed by atoms with Crippen LogP contribution in [0.4, 0.5) is 9.18 Å².